The Bertz CT molecular complexity index is 1050. The molecule has 8 nitrogen and oxygen atoms in total. The van der Waals surface area contributed by atoms with Gasteiger partial charge >= 0.3 is 0 Å². The van der Waals surface area contributed by atoms with Gasteiger partial charge in [0.1, 0.15) is 0 Å². The van der Waals surface area contributed by atoms with Gasteiger partial charge in [-0.3, -0.25) is 20.4 Å². The van der Waals surface area contributed by atoms with E-state index in [1.807, 2.05) is 0 Å². The van der Waals surface area contributed by atoms with E-state index >= 15 is 0 Å². The van der Waals surface area contributed by atoms with Crippen molar-refractivity contribution in [1.82, 2.24) is 15.2 Å². The number of hydrogen-bond donors (Lipinski definition) is 2. The van der Waals surface area contributed by atoms with E-state index in [1.54, 1.807) is 30.3 Å². The monoisotopic (exact) mass is 449 g/mol. The van der Waals surface area contributed by atoms with Gasteiger partial charge in [0.25, 0.3) is 11.8 Å². The zero-order chi connectivity index (χ0) is 21.6. The molecule has 158 valence electrons. The van der Waals surface area contributed by atoms with Crippen molar-refractivity contribution in [2.45, 2.75) is 4.90 Å². The average Bonchev–Trinajstić information content (AvgIpc) is 2.77. The molecule has 0 unspecified atom stereocenters. The van der Waals surface area contributed by atoms with Gasteiger partial charge in [-0.1, -0.05) is 29.8 Å². The molecule has 2 aromatic rings. The summed E-state index contributed by atoms with van der Waals surface area (Å²) < 4.78 is 31.8. The van der Waals surface area contributed by atoms with E-state index in [-0.39, 0.29) is 4.90 Å². The Morgan fingerprint density at radius 2 is 1.73 bits per heavy atom. The number of hydrogen-bond acceptors (Lipinski definition) is 5. The summed E-state index contributed by atoms with van der Waals surface area (Å²) >= 11 is 5.83. The number of halogens is 1. The van der Waals surface area contributed by atoms with Crippen molar-refractivity contribution in [2.24, 2.45) is 0 Å². The summed E-state index contributed by atoms with van der Waals surface area (Å²) in [6, 6.07) is 12.5. The van der Waals surface area contributed by atoms with Gasteiger partial charge < -0.3 is 4.74 Å². The molecule has 1 saturated heterocycles. The first-order valence-electron chi connectivity index (χ1n) is 9.08. The molecular weight excluding hydrogens is 430 g/mol. The minimum Gasteiger partial charge on any atom is -0.379 e. The van der Waals surface area contributed by atoms with Gasteiger partial charge in [0.2, 0.25) is 10.0 Å². The molecule has 3 rings (SSSR count). The standard InChI is InChI=1S/C20H20ClN3O5S/c21-17-3-1-2-16(14-17)20(26)23-22-19(25)9-6-15-4-7-18(8-5-15)30(27,28)24-10-12-29-13-11-24/h1-9,14H,10-13H2,(H,22,25)(H,23,26)/b9-6+. The number of morpholine rings is 1. The van der Waals surface area contributed by atoms with Crippen molar-refractivity contribution in [2.75, 3.05) is 26.3 Å². The quantitative estimate of drug-likeness (QED) is 0.535. The highest BCUT2D eigenvalue weighted by molar-refractivity contribution is 7.89. The van der Waals surface area contributed by atoms with Crippen LogP contribution in [0.4, 0.5) is 0 Å². The summed E-state index contributed by atoms with van der Waals surface area (Å²) in [7, 11) is -3.56. The second kappa shape index (κ2) is 9.86. The molecule has 10 heteroatoms. The molecular formula is C20H20ClN3O5S. The van der Waals surface area contributed by atoms with Crippen molar-refractivity contribution >= 4 is 39.5 Å². The predicted molar refractivity (Wildman–Crippen MR) is 112 cm³/mol. The van der Waals surface area contributed by atoms with Gasteiger partial charge in [0.15, 0.2) is 0 Å². The van der Waals surface area contributed by atoms with Crippen molar-refractivity contribution in [3.63, 3.8) is 0 Å². The molecule has 1 heterocycles. The van der Waals surface area contributed by atoms with Gasteiger partial charge in [-0.15, -0.1) is 0 Å². The van der Waals surface area contributed by atoms with Crippen LogP contribution in [0.2, 0.25) is 5.02 Å². The summed E-state index contributed by atoms with van der Waals surface area (Å²) in [6.45, 7) is 1.40. The molecule has 0 bridgehead atoms. The Hall–Kier alpha value is -2.72. The molecule has 0 atom stereocenters. The van der Waals surface area contributed by atoms with E-state index in [9.17, 15) is 18.0 Å². The highest BCUT2D eigenvalue weighted by Gasteiger charge is 2.25. The summed E-state index contributed by atoms with van der Waals surface area (Å²) in [4.78, 5) is 24.0. The van der Waals surface area contributed by atoms with Crippen LogP contribution < -0.4 is 10.9 Å². The lowest BCUT2D eigenvalue weighted by Crippen LogP contribution is -2.40. The van der Waals surface area contributed by atoms with E-state index in [1.165, 1.54) is 34.7 Å². The zero-order valence-electron chi connectivity index (χ0n) is 15.9. The number of carbonyl (C=O) groups is 2. The molecule has 0 spiro atoms. The number of nitrogens with one attached hydrogen (secondary N) is 2. The normalized spacial score (nSPS) is 15.1. The molecule has 1 aliphatic heterocycles. The second-order valence-electron chi connectivity index (χ2n) is 6.37. The third-order valence-electron chi connectivity index (χ3n) is 4.30. The van der Waals surface area contributed by atoms with Crippen molar-refractivity contribution < 1.29 is 22.7 Å². The Labute approximate surface area is 179 Å². The summed E-state index contributed by atoms with van der Waals surface area (Å²) in [6.07, 6.45) is 2.73. The highest BCUT2D eigenvalue weighted by atomic mass is 35.5. The lowest BCUT2D eigenvalue weighted by Gasteiger charge is -2.26. The van der Waals surface area contributed by atoms with Gasteiger partial charge in [-0.2, -0.15) is 4.31 Å². The molecule has 1 aliphatic rings. The molecule has 0 saturated carbocycles. The van der Waals surface area contributed by atoms with Gasteiger partial charge in [-0.05, 0) is 42.0 Å². The number of rotatable bonds is 5. The van der Waals surface area contributed by atoms with E-state index in [0.29, 0.717) is 42.5 Å². The number of ether oxygens (including phenoxy) is 1. The lowest BCUT2D eigenvalue weighted by molar-refractivity contribution is -0.117. The van der Waals surface area contributed by atoms with Gasteiger partial charge in [0.05, 0.1) is 18.1 Å². The van der Waals surface area contributed by atoms with E-state index < -0.39 is 21.8 Å². The Morgan fingerprint density at radius 3 is 2.40 bits per heavy atom. The van der Waals surface area contributed by atoms with E-state index in [2.05, 4.69) is 10.9 Å². The van der Waals surface area contributed by atoms with Gasteiger partial charge in [0, 0.05) is 29.8 Å². The molecule has 30 heavy (non-hydrogen) atoms. The number of amides is 2. The van der Waals surface area contributed by atoms with Crippen LogP contribution in [0.1, 0.15) is 15.9 Å². The number of nitrogens with zero attached hydrogens (tertiary/aromatic N) is 1. The van der Waals surface area contributed by atoms with Crippen molar-refractivity contribution in [3.8, 4) is 0 Å². The first kappa shape index (κ1) is 22.0. The maximum absolute atomic E-state index is 12.6. The van der Waals surface area contributed by atoms with Crippen LogP contribution in [0.15, 0.2) is 59.5 Å². The smallest absolute Gasteiger partial charge is 0.269 e. The number of hydrazine groups is 1. The maximum Gasteiger partial charge on any atom is 0.269 e. The Morgan fingerprint density at radius 1 is 1.03 bits per heavy atom. The Kier molecular flexibility index (Phi) is 7.22. The summed E-state index contributed by atoms with van der Waals surface area (Å²) in [5.74, 6) is -1.05. The molecule has 0 aliphatic carbocycles. The predicted octanol–water partition coefficient (Wildman–Crippen LogP) is 1.84. The third-order valence-corrected chi connectivity index (χ3v) is 6.45. The van der Waals surface area contributed by atoms with E-state index in [4.69, 9.17) is 16.3 Å². The van der Waals surface area contributed by atoms with Crippen molar-refractivity contribution in [3.05, 3.63) is 70.8 Å². The molecule has 2 amide bonds. The second-order valence-corrected chi connectivity index (χ2v) is 8.75. The minimum absolute atomic E-state index is 0.180. The molecule has 1 fully saturated rings. The van der Waals surface area contributed by atoms with Crippen LogP contribution in [-0.4, -0.2) is 50.8 Å². The number of sulfonamides is 1. The van der Waals surface area contributed by atoms with Gasteiger partial charge in [-0.25, -0.2) is 8.42 Å². The topological polar surface area (TPSA) is 105 Å². The first-order chi connectivity index (χ1) is 14.4. The molecule has 0 radical (unpaired) electrons. The fourth-order valence-electron chi connectivity index (χ4n) is 2.72. The fraction of sp³-hybridized carbons (Fsp3) is 0.200. The number of benzene rings is 2. The van der Waals surface area contributed by atoms with Crippen LogP contribution in [0, 0.1) is 0 Å². The molecule has 2 aromatic carbocycles. The van der Waals surface area contributed by atoms with Crippen LogP contribution in [0.3, 0.4) is 0 Å². The largest absolute Gasteiger partial charge is 0.379 e. The molecule has 0 aromatic heterocycles. The average molecular weight is 450 g/mol. The van der Waals surface area contributed by atoms with E-state index in [0.717, 1.165) is 0 Å². The van der Waals surface area contributed by atoms with Crippen LogP contribution in [0.25, 0.3) is 6.08 Å². The SMILES string of the molecule is O=C(/C=C/c1ccc(S(=O)(=O)N2CCOCC2)cc1)NNC(=O)c1cccc(Cl)c1. The van der Waals surface area contributed by atoms with Crippen LogP contribution >= 0.6 is 11.6 Å². The van der Waals surface area contributed by atoms with Crippen molar-refractivity contribution in [1.29, 1.82) is 0 Å². The highest BCUT2D eigenvalue weighted by Crippen LogP contribution is 2.18. The van der Waals surface area contributed by atoms with Crippen LogP contribution in [0.5, 0.6) is 0 Å². The molecule has 2 N–H and O–H groups in total. The number of carbonyl (C=O) groups excluding carboxylic acids is 2. The summed E-state index contributed by atoms with van der Waals surface area (Å²) in [5, 5.41) is 0.410. The zero-order valence-corrected chi connectivity index (χ0v) is 17.4. The minimum atomic E-state index is -3.56. The third kappa shape index (κ3) is 5.67. The first-order valence-corrected chi connectivity index (χ1v) is 10.9. The van der Waals surface area contributed by atoms with Crippen LogP contribution in [-0.2, 0) is 19.6 Å². The maximum atomic E-state index is 12.6. The summed E-state index contributed by atoms with van der Waals surface area (Å²) in [5.41, 5.74) is 5.49. The fourth-order valence-corrected chi connectivity index (χ4v) is 4.32. The Balaban J connectivity index is 1.55. The lowest BCUT2D eigenvalue weighted by atomic mass is 10.2.